The number of rotatable bonds is 10. The first kappa shape index (κ1) is 21.4. The second-order valence-corrected chi connectivity index (χ2v) is 5.93. The summed E-state index contributed by atoms with van der Waals surface area (Å²) in [7, 11) is 1.49. The van der Waals surface area contributed by atoms with Gasteiger partial charge >= 0.3 is 12.0 Å². The standard InChI is InChI=1S/C18H26N2O6/c1-13(2)8-10-25-15-6-4-14(5-7-15)17(22)26-12-16(21)20-18(23)19-9-11-24-3/h4-7,13H,8-12H2,1-3H3,(H2,19,20,21,23). The molecule has 1 aromatic carbocycles. The van der Waals surface area contributed by atoms with E-state index >= 15 is 0 Å². The van der Waals surface area contributed by atoms with Gasteiger partial charge in [0.05, 0.1) is 18.8 Å². The Morgan fingerprint density at radius 1 is 1.08 bits per heavy atom. The van der Waals surface area contributed by atoms with E-state index in [9.17, 15) is 14.4 Å². The molecule has 0 aliphatic rings. The zero-order valence-corrected chi connectivity index (χ0v) is 15.4. The quantitative estimate of drug-likeness (QED) is 0.483. The van der Waals surface area contributed by atoms with Gasteiger partial charge in [0.1, 0.15) is 5.75 Å². The van der Waals surface area contributed by atoms with Crippen molar-refractivity contribution in [1.29, 1.82) is 0 Å². The van der Waals surface area contributed by atoms with Crippen LogP contribution < -0.4 is 15.4 Å². The first-order valence-electron chi connectivity index (χ1n) is 8.39. The van der Waals surface area contributed by atoms with Crippen molar-refractivity contribution in [2.45, 2.75) is 20.3 Å². The van der Waals surface area contributed by atoms with E-state index in [4.69, 9.17) is 14.2 Å². The molecule has 26 heavy (non-hydrogen) atoms. The third-order valence-electron chi connectivity index (χ3n) is 3.23. The molecule has 0 aliphatic heterocycles. The van der Waals surface area contributed by atoms with Gasteiger partial charge in [0.15, 0.2) is 6.61 Å². The molecule has 8 nitrogen and oxygen atoms in total. The number of esters is 1. The molecule has 0 atom stereocenters. The Morgan fingerprint density at radius 3 is 2.38 bits per heavy atom. The van der Waals surface area contributed by atoms with Crippen molar-refractivity contribution >= 4 is 17.9 Å². The van der Waals surface area contributed by atoms with Crippen LogP contribution in [0.4, 0.5) is 4.79 Å². The lowest BCUT2D eigenvalue weighted by Crippen LogP contribution is -2.42. The molecule has 0 spiro atoms. The topological polar surface area (TPSA) is 103 Å². The molecule has 0 radical (unpaired) electrons. The van der Waals surface area contributed by atoms with Gasteiger partial charge in [-0.25, -0.2) is 9.59 Å². The fourth-order valence-electron chi connectivity index (χ4n) is 1.79. The Bertz CT molecular complexity index is 586. The van der Waals surface area contributed by atoms with Crippen molar-refractivity contribution < 1.29 is 28.6 Å². The molecular weight excluding hydrogens is 340 g/mol. The van der Waals surface area contributed by atoms with E-state index in [1.165, 1.54) is 7.11 Å². The molecule has 144 valence electrons. The molecule has 0 heterocycles. The maximum Gasteiger partial charge on any atom is 0.338 e. The number of nitrogens with one attached hydrogen (secondary N) is 2. The van der Waals surface area contributed by atoms with Gasteiger partial charge in [-0.2, -0.15) is 0 Å². The van der Waals surface area contributed by atoms with Crippen molar-refractivity contribution in [3.8, 4) is 5.75 Å². The van der Waals surface area contributed by atoms with Gasteiger partial charge in [-0.1, -0.05) is 13.8 Å². The van der Waals surface area contributed by atoms with Crippen molar-refractivity contribution in [2.75, 3.05) is 33.5 Å². The van der Waals surface area contributed by atoms with Gasteiger partial charge in [-0.3, -0.25) is 10.1 Å². The summed E-state index contributed by atoms with van der Waals surface area (Å²) >= 11 is 0. The van der Waals surface area contributed by atoms with E-state index in [1.807, 2.05) is 5.32 Å². The third kappa shape index (κ3) is 9.03. The molecule has 2 N–H and O–H groups in total. The summed E-state index contributed by atoms with van der Waals surface area (Å²) in [5, 5.41) is 4.46. The second kappa shape index (κ2) is 11.9. The highest BCUT2D eigenvalue weighted by molar-refractivity contribution is 5.97. The lowest BCUT2D eigenvalue weighted by atomic mass is 10.1. The van der Waals surface area contributed by atoms with Crippen LogP contribution >= 0.6 is 0 Å². The second-order valence-electron chi connectivity index (χ2n) is 5.93. The predicted molar refractivity (Wildman–Crippen MR) is 95.1 cm³/mol. The van der Waals surface area contributed by atoms with Gasteiger partial charge in [0.2, 0.25) is 0 Å². The maximum atomic E-state index is 11.9. The molecule has 0 aromatic heterocycles. The summed E-state index contributed by atoms with van der Waals surface area (Å²) in [6.45, 7) is 4.87. The minimum Gasteiger partial charge on any atom is -0.494 e. The number of carbonyl (C=O) groups is 3. The predicted octanol–water partition coefficient (Wildman–Crippen LogP) is 1.74. The van der Waals surface area contributed by atoms with Crippen molar-refractivity contribution in [1.82, 2.24) is 10.6 Å². The molecule has 0 bridgehead atoms. The van der Waals surface area contributed by atoms with Crippen LogP contribution in [0, 0.1) is 5.92 Å². The fraction of sp³-hybridized carbons (Fsp3) is 0.500. The largest absolute Gasteiger partial charge is 0.494 e. The van der Waals surface area contributed by atoms with Gasteiger partial charge in [0.25, 0.3) is 5.91 Å². The van der Waals surface area contributed by atoms with E-state index in [1.54, 1.807) is 24.3 Å². The highest BCUT2D eigenvalue weighted by Gasteiger charge is 2.12. The molecule has 3 amide bonds. The summed E-state index contributed by atoms with van der Waals surface area (Å²) in [5.74, 6) is -0.166. The maximum absolute atomic E-state index is 11.9. The number of carbonyl (C=O) groups excluding carboxylic acids is 3. The number of ether oxygens (including phenoxy) is 3. The highest BCUT2D eigenvalue weighted by Crippen LogP contribution is 2.14. The minimum atomic E-state index is -0.720. The SMILES string of the molecule is COCCNC(=O)NC(=O)COC(=O)c1ccc(OCCC(C)C)cc1. The molecule has 0 fully saturated rings. The number of hydrogen-bond donors (Lipinski definition) is 2. The van der Waals surface area contributed by atoms with E-state index in [-0.39, 0.29) is 6.54 Å². The summed E-state index contributed by atoms with van der Waals surface area (Å²) in [4.78, 5) is 34.8. The van der Waals surface area contributed by atoms with Crippen molar-refractivity contribution in [2.24, 2.45) is 5.92 Å². The monoisotopic (exact) mass is 366 g/mol. The van der Waals surface area contributed by atoms with E-state index < -0.39 is 24.5 Å². The Balaban J connectivity index is 2.33. The number of imide groups is 1. The summed E-state index contributed by atoms with van der Waals surface area (Å²) in [5.41, 5.74) is 0.290. The number of benzene rings is 1. The van der Waals surface area contributed by atoms with E-state index in [0.717, 1.165) is 6.42 Å². The molecule has 0 unspecified atom stereocenters. The van der Waals surface area contributed by atoms with Crippen molar-refractivity contribution in [3.63, 3.8) is 0 Å². The fourth-order valence-corrected chi connectivity index (χ4v) is 1.79. The third-order valence-corrected chi connectivity index (χ3v) is 3.23. The van der Waals surface area contributed by atoms with Crippen LogP contribution in [-0.2, 0) is 14.3 Å². The van der Waals surface area contributed by atoms with Gasteiger partial charge in [-0.15, -0.1) is 0 Å². The Kier molecular flexibility index (Phi) is 9.78. The van der Waals surface area contributed by atoms with E-state index in [2.05, 4.69) is 19.2 Å². The van der Waals surface area contributed by atoms with Crippen LogP contribution in [0.5, 0.6) is 5.75 Å². The van der Waals surface area contributed by atoms with E-state index in [0.29, 0.717) is 30.4 Å². The average molecular weight is 366 g/mol. The molecule has 0 saturated carbocycles. The van der Waals surface area contributed by atoms with Crippen LogP contribution in [0.15, 0.2) is 24.3 Å². The number of amides is 3. The number of methoxy groups -OCH3 is 1. The summed E-state index contributed by atoms with van der Waals surface area (Å²) in [6, 6.07) is 5.77. The molecule has 8 heteroatoms. The summed E-state index contributed by atoms with van der Waals surface area (Å²) in [6.07, 6.45) is 0.942. The average Bonchev–Trinajstić information content (AvgIpc) is 2.60. The smallest absolute Gasteiger partial charge is 0.338 e. The summed E-state index contributed by atoms with van der Waals surface area (Å²) < 4.78 is 15.2. The Morgan fingerprint density at radius 2 is 1.77 bits per heavy atom. The highest BCUT2D eigenvalue weighted by atomic mass is 16.5. The minimum absolute atomic E-state index is 0.265. The molecule has 1 aromatic rings. The number of hydrogen-bond acceptors (Lipinski definition) is 6. The first-order valence-corrected chi connectivity index (χ1v) is 8.39. The van der Waals surface area contributed by atoms with Gasteiger partial charge in [-0.05, 0) is 36.6 Å². The lowest BCUT2D eigenvalue weighted by Gasteiger charge is -2.09. The Hall–Kier alpha value is -2.61. The van der Waals surface area contributed by atoms with Crippen LogP contribution in [0.1, 0.15) is 30.6 Å². The molecular formula is C18H26N2O6. The molecule has 0 aliphatic carbocycles. The van der Waals surface area contributed by atoms with Crippen LogP contribution in [-0.4, -0.2) is 51.4 Å². The normalized spacial score (nSPS) is 10.3. The lowest BCUT2D eigenvalue weighted by molar-refractivity contribution is -0.123. The van der Waals surface area contributed by atoms with Crippen LogP contribution in [0.25, 0.3) is 0 Å². The molecule has 0 saturated heterocycles. The Labute approximate surface area is 153 Å². The van der Waals surface area contributed by atoms with Gasteiger partial charge in [0, 0.05) is 13.7 Å². The first-order chi connectivity index (χ1) is 12.4. The molecule has 1 rings (SSSR count). The zero-order chi connectivity index (χ0) is 19.4. The van der Waals surface area contributed by atoms with Gasteiger partial charge < -0.3 is 19.5 Å². The van der Waals surface area contributed by atoms with Crippen LogP contribution in [0.3, 0.4) is 0 Å². The van der Waals surface area contributed by atoms with Crippen LogP contribution in [0.2, 0.25) is 0 Å². The zero-order valence-electron chi connectivity index (χ0n) is 15.4. The number of urea groups is 1. The van der Waals surface area contributed by atoms with Crippen molar-refractivity contribution in [3.05, 3.63) is 29.8 Å².